The molecule has 0 saturated carbocycles. The van der Waals surface area contributed by atoms with Crippen molar-refractivity contribution in [2.24, 2.45) is 11.7 Å². The van der Waals surface area contributed by atoms with Crippen LogP contribution < -0.4 is 10.5 Å². The van der Waals surface area contributed by atoms with Crippen molar-refractivity contribution < 1.29 is 4.74 Å². The minimum atomic E-state index is 0.297. The van der Waals surface area contributed by atoms with E-state index < -0.39 is 0 Å². The molecule has 0 aliphatic carbocycles. The molecule has 2 N–H and O–H groups in total. The molecule has 0 spiro atoms. The van der Waals surface area contributed by atoms with Crippen molar-refractivity contribution in [2.75, 3.05) is 26.2 Å². The summed E-state index contributed by atoms with van der Waals surface area (Å²) in [5, 5.41) is 0.704. The number of rotatable bonds is 4. The first-order chi connectivity index (χ1) is 9.04. The summed E-state index contributed by atoms with van der Waals surface area (Å²) in [6.07, 6.45) is 1.13. The number of benzene rings is 1. The Morgan fingerprint density at radius 3 is 2.95 bits per heavy atom. The lowest BCUT2D eigenvalue weighted by molar-refractivity contribution is 0.140. The molecule has 1 aliphatic heterocycles. The van der Waals surface area contributed by atoms with Crippen LogP contribution in [0, 0.1) is 5.92 Å². The lowest BCUT2D eigenvalue weighted by atomic mass is 9.97. The van der Waals surface area contributed by atoms with Crippen LogP contribution in [-0.4, -0.2) is 37.2 Å². The summed E-state index contributed by atoms with van der Waals surface area (Å²) in [7, 11) is 0. The standard InChI is InChI=1S/C14H20BrClN2O/c1-10-6-12(17)9-18(8-10)4-5-19-14-3-2-11(16)7-13(14)15/h2-3,7,10,12H,4-6,8-9,17H2,1H3. The highest BCUT2D eigenvalue weighted by atomic mass is 79.9. The Kier molecular flexibility index (Phi) is 5.51. The Labute approximate surface area is 128 Å². The zero-order chi connectivity index (χ0) is 13.8. The average Bonchev–Trinajstić information content (AvgIpc) is 2.30. The largest absolute Gasteiger partial charge is 0.491 e. The van der Waals surface area contributed by atoms with Crippen LogP contribution in [-0.2, 0) is 0 Å². The zero-order valence-corrected chi connectivity index (χ0v) is 13.5. The van der Waals surface area contributed by atoms with E-state index in [4.69, 9.17) is 22.1 Å². The fourth-order valence-corrected chi connectivity index (χ4v) is 3.37. The first-order valence-electron chi connectivity index (χ1n) is 6.60. The lowest BCUT2D eigenvalue weighted by Gasteiger charge is -2.34. The third-order valence-electron chi connectivity index (χ3n) is 3.33. The SMILES string of the molecule is CC1CC(N)CN(CCOc2ccc(Cl)cc2Br)C1. The molecule has 2 atom stereocenters. The van der Waals surface area contributed by atoms with E-state index in [1.54, 1.807) is 0 Å². The molecule has 5 heteroatoms. The molecule has 2 rings (SSSR count). The summed E-state index contributed by atoms with van der Waals surface area (Å²) in [5.74, 6) is 1.50. The topological polar surface area (TPSA) is 38.5 Å². The van der Waals surface area contributed by atoms with Gasteiger partial charge < -0.3 is 10.5 Å². The van der Waals surface area contributed by atoms with Crippen LogP contribution in [0.3, 0.4) is 0 Å². The van der Waals surface area contributed by atoms with Gasteiger partial charge in [-0.15, -0.1) is 0 Å². The molecule has 2 unspecified atom stereocenters. The molecule has 19 heavy (non-hydrogen) atoms. The van der Waals surface area contributed by atoms with Gasteiger partial charge >= 0.3 is 0 Å². The predicted octanol–water partition coefficient (Wildman–Crippen LogP) is 3.15. The van der Waals surface area contributed by atoms with E-state index in [9.17, 15) is 0 Å². The van der Waals surface area contributed by atoms with E-state index in [1.165, 1.54) is 0 Å². The number of halogens is 2. The van der Waals surface area contributed by atoms with Gasteiger partial charge in [0.05, 0.1) is 4.47 Å². The third-order valence-corrected chi connectivity index (χ3v) is 4.18. The van der Waals surface area contributed by atoms with Crippen LogP contribution in [0.25, 0.3) is 0 Å². The van der Waals surface area contributed by atoms with Gasteiger partial charge in [-0.3, -0.25) is 4.90 Å². The highest BCUT2D eigenvalue weighted by Gasteiger charge is 2.21. The van der Waals surface area contributed by atoms with Crippen molar-refractivity contribution in [3.05, 3.63) is 27.7 Å². The average molecular weight is 348 g/mol. The Balaban J connectivity index is 1.80. The summed E-state index contributed by atoms with van der Waals surface area (Å²) in [6, 6.07) is 5.86. The Morgan fingerprint density at radius 2 is 2.26 bits per heavy atom. The molecule has 1 aromatic carbocycles. The molecule has 1 fully saturated rings. The smallest absolute Gasteiger partial charge is 0.133 e. The number of hydrogen-bond donors (Lipinski definition) is 1. The Bertz CT molecular complexity index is 420. The predicted molar refractivity (Wildman–Crippen MR) is 82.8 cm³/mol. The van der Waals surface area contributed by atoms with E-state index in [1.807, 2.05) is 18.2 Å². The molecule has 1 heterocycles. The van der Waals surface area contributed by atoms with Crippen LogP contribution in [0.1, 0.15) is 13.3 Å². The number of hydrogen-bond acceptors (Lipinski definition) is 3. The molecule has 106 valence electrons. The second-order valence-electron chi connectivity index (χ2n) is 5.28. The van der Waals surface area contributed by atoms with Crippen LogP contribution in [0.15, 0.2) is 22.7 Å². The van der Waals surface area contributed by atoms with Gasteiger partial charge in [0.2, 0.25) is 0 Å². The summed E-state index contributed by atoms with van der Waals surface area (Å²) in [5.41, 5.74) is 6.03. The first-order valence-corrected chi connectivity index (χ1v) is 7.77. The van der Waals surface area contributed by atoms with Crippen molar-refractivity contribution in [2.45, 2.75) is 19.4 Å². The monoisotopic (exact) mass is 346 g/mol. The highest BCUT2D eigenvalue weighted by Crippen LogP contribution is 2.28. The molecule has 1 aromatic rings. The van der Waals surface area contributed by atoms with Crippen molar-refractivity contribution in [3.63, 3.8) is 0 Å². The number of likely N-dealkylation sites (tertiary alicyclic amines) is 1. The van der Waals surface area contributed by atoms with Gasteiger partial charge in [-0.25, -0.2) is 0 Å². The van der Waals surface area contributed by atoms with Gasteiger partial charge in [0.15, 0.2) is 0 Å². The Hall–Kier alpha value is -0.290. The number of ether oxygens (including phenoxy) is 1. The molecular formula is C14H20BrClN2O. The number of nitrogens with two attached hydrogens (primary N) is 1. The molecular weight excluding hydrogens is 328 g/mol. The first kappa shape index (κ1) is 15.1. The van der Waals surface area contributed by atoms with Crippen LogP contribution in [0.4, 0.5) is 0 Å². The summed E-state index contributed by atoms with van der Waals surface area (Å²) < 4.78 is 6.67. The van der Waals surface area contributed by atoms with E-state index in [0.717, 1.165) is 36.3 Å². The number of piperidine rings is 1. The minimum Gasteiger partial charge on any atom is -0.491 e. The zero-order valence-electron chi connectivity index (χ0n) is 11.1. The molecule has 1 saturated heterocycles. The maximum Gasteiger partial charge on any atom is 0.133 e. The highest BCUT2D eigenvalue weighted by molar-refractivity contribution is 9.10. The third kappa shape index (κ3) is 4.63. The molecule has 0 amide bonds. The Morgan fingerprint density at radius 1 is 1.47 bits per heavy atom. The van der Waals surface area contributed by atoms with Crippen molar-refractivity contribution in [1.82, 2.24) is 4.90 Å². The van der Waals surface area contributed by atoms with E-state index in [0.29, 0.717) is 23.6 Å². The van der Waals surface area contributed by atoms with Gasteiger partial charge in [0.1, 0.15) is 12.4 Å². The second kappa shape index (κ2) is 6.93. The van der Waals surface area contributed by atoms with Gasteiger partial charge in [0, 0.05) is 30.7 Å². The number of nitrogens with zero attached hydrogens (tertiary/aromatic N) is 1. The normalized spacial score (nSPS) is 24.4. The maximum atomic E-state index is 6.03. The fourth-order valence-electron chi connectivity index (χ4n) is 2.57. The van der Waals surface area contributed by atoms with E-state index in [-0.39, 0.29) is 0 Å². The van der Waals surface area contributed by atoms with Gasteiger partial charge in [-0.05, 0) is 46.5 Å². The van der Waals surface area contributed by atoms with E-state index >= 15 is 0 Å². The van der Waals surface area contributed by atoms with Crippen LogP contribution in [0.5, 0.6) is 5.75 Å². The lowest BCUT2D eigenvalue weighted by Crippen LogP contribution is -2.47. The molecule has 1 aliphatic rings. The summed E-state index contributed by atoms with van der Waals surface area (Å²) in [4.78, 5) is 2.38. The van der Waals surface area contributed by atoms with Crippen molar-refractivity contribution in [3.8, 4) is 5.75 Å². The fraction of sp³-hybridized carbons (Fsp3) is 0.571. The van der Waals surface area contributed by atoms with Gasteiger partial charge in [-0.1, -0.05) is 18.5 Å². The molecule has 0 aromatic heterocycles. The maximum absolute atomic E-state index is 6.03. The molecule has 3 nitrogen and oxygen atoms in total. The minimum absolute atomic E-state index is 0.297. The van der Waals surface area contributed by atoms with Gasteiger partial charge in [0.25, 0.3) is 0 Å². The summed E-state index contributed by atoms with van der Waals surface area (Å²) >= 11 is 9.35. The van der Waals surface area contributed by atoms with Crippen molar-refractivity contribution in [1.29, 1.82) is 0 Å². The molecule has 0 bridgehead atoms. The van der Waals surface area contributed by atoms with Gasteiger partial charge in [-0.2, -0.15) is 0 Å². The van der Waals surface area contributed by atoms with E-state index in [2.05, 4.69) is 27.8 Å². The van der Waals surface area contributed by atoms with Crippen LogP contribution in [0.2, 0.25) is 5.02 Å². The van der Waals surface area contributed by atoms with Crippen molar-refractivity contribution >= 4 is 27.5 Å². The second-order valence-corrected chi connectivity index (χ2v) is 6.57. The van der Waals surface area contributed by atoms with Crippen LogP contribution >= 0.6 is 27.5 Å². The molecule has 0 radical (unpaired) electrons. The quantitative estimate of drug-likeness (QED) is 0.909. The summed E-state index contributed by atoms with van der Waals surface area (Å²) in [6.45, 7) is 5.91.